The van der Waals surface area contributed by atoms with Crippen molar-refractivity contribution in [2.24, 2.45) is 0 Å². The molecule has 0 radical (unpaired) electrons. The minimum atomic E-state index is -0.476. The molecule has 28 heavy (non-hydrogen) atoms. The number of rotatable bonds is 4. The number of carbonyl (C=O) groups excluding carboxylic acids is 1. The highest BCUT2D eigenvalue weighted by Crippen LogP contribution is 2.44. The molecule has 0 saturated heterocycles. The number of nitrogens with one attached hydrogen (secondary N) is 1. The lowest BCUT2D eigenvalue weighted by molar-refractivity contribution is 0.158. The van der Waals surface area contributed by atoms with E-state index in [2.05, 4.69) is 52.1 Å². The lowest BCUT2D eigenvalue weighted by Gasteiger charge is -2.16. The van der Waals surface area contributed by atoms with Gasteiger partial charge in [-0.25, -0.2) is 4.79 Å². The molecule has 4 rings (SSSR count). The van der Waals surface area contributed by atoms with E-state index >= 15 is 0 Å². The van der Waals surface area contributed by atoms with Crippen molar-refractivity contribution < 1.29 is 9.53 Å². The fraction of sp³-hybridized carbons (Fsp3) is 0.125. The molecule has 1 amide bonds. The van der Waals surface area contributed by atoms with Crippen molar-refractivity contribution in [2.45, 2.75) is 12.8 Å². The Morgan fingerprint density at radius 2 is 1.61 bits per heavy atom. The lowest BCUT2D eigenvalue weighted by atomic mass is 9.98. The molecule has 0 spiro atoms. The van der Waals surface area contributed by atoms with E-state index in [1.54, 1.807) is 0 Å². The van der Waals surface area contributed by atoms with E-state index < -0.39 is 6.09 Å². The van der Waals surface area contributed by atoms with Gasteiger partial charge in [-0.1, -0.05) is 67.2 Å². The van der Waals surface area contributed by atoms with E-state index in [4.69, 9.17) is 4.74 Å². The summed E-state index contributed by atoms with van der Waals surface area (Å²) in [5.41, 5.74) is 7.23. The van der Waals surface area contributed by atoms with Crippen molar-refractivity contribution in [3.63, 3.8) is 0 Å². The lowest BCUT2D eigenvalue weighted by Crippen LogP contribution is -2.18. The molecule has 0 bridgehead atoms. The Balaban J connectivity index is 1.53. The molecule has 0 aliphatic heterocycles. The van der Waals surface area contributed by atoms with Gasteiger partial charge in [0.2, 0.25) is 0 Å². The van der Waals surface area contributed by atoms with Crippen molar-refractivity contribution in [3.05, 3.63) is 94.5 Å². The second kappa shape index (κ2) is 7.64. The number of hydrogen-bond acceptors (Lipinski definition) is 2. The molecular weight excluding hydrogens is 414 g/mol. The zero-order chi connectivity index (χ0) is 19.7. The predicted molar refractivity (Wildman–Crippen MR) is 118 cm³/mol. The van der Waals surface area contributed by atoms with Gasteiger partial charge in [-0.3, -0.25) is 5.32 Å². The van der Waals surface area contributed by atoms with Crippen molar-refractivity contribution in [1.29, 1.82) is 0 Å². The number of benzene rings is 3. The summed E-state index contributed by atoms with van der Waals surface area (Å²) in [5, 5.41) is 2.86. The Hall–Kier alpha value is -2.85. The van der Waals surface area contributed by atoms with Crippen molar-refractivity contribution in [3.8, 4) is 11.1 Å². The molecule has 3 aromatic carbocycles. The second-order valence-electron chi connectivity index (χ2n) is 6.89. The number of ether oxygens (including phenoxy) is 1. The van der Waals surface area contributed by atoms with E-state index in [1.807, 2.05) is 49.4 Å². The van der Waals surface area contributed by atoms with Crippen LogP contribution in [0.5, 0.6) is 0 Å². The highest BCUT2D eigenvalue weighted by Gasteiger charge is 2.29. The van der Waals surface area contributed by atoms with Gasteiger partial charge in [-0.15, -0.1) is 0 Å². The van der Waals surface area contributed by atoms with Gasteiger partial charge in [0.05, 0.1) is 5.69 Å². The number of para-hydroxylation sites is 1. The average Bonchev–Trinajstić information content (AvgIpc) is 3.02. The van der Waals surface area contributed by atoms with Crippen LogP contribution in [0.15, 0.2) is 77.8 Å². The van der Waals surface area contributed by atoms with Crippen molar-refractivity contribution in [1.82, 2.24) is 0 Å². The van der Waals surface area contributed by atoms with Crippen LogP contribution in [0, 0.1) is 0 Å². The third-order valence-corrected chi connectivity index (χ3v) is 5.70. The van der Waals surface area contributed by atoms with Gasteiger partial charge in [-0.05, 0) is 56.7 Å². The third kappa shape index (κ3) is 3.36. The maximum absolute atomic E-state index is 12.5. The summed E-state index contributed by atoms with van der Waals surface area (Å²) < 4.78 is 6.43. The Kier molecular flexibility index (Phi) is 5.05. The van der Waals surface area contributed by atoms with E-state index in [0.29, 0.717) is 5.69 Å². The first-order valence-electron chi connectivity index (χ1n) is 9.12. The van der Waals surface area contributed by atoms with E-state index in [9.17, 15) is 4.79 Å². The molecule has 4 heteroatoms. The summed E-state index contributed by atoms with van der Waals surface area (Å²) >= 11 is 3.49. The first-order valence-corrected chi connectivity index (χ1v) is 9.92. The molecule has 0 aromatic heterocycles. The number of fused-ring (bicyclic) bond motifs is 3. The second-order valence-corrected chi connectivity index (χ2v) is 7.75. The van der Waals surface area contributed by atoms with Gasteiger partial charge < -0.3 is 4.74 Å². The van der Waals surface area contributed by atoms with Crippen LogP contribution in [0.2, 0.25) is 0 Å². The third-order valence-electron chi connectivity index (χ3n) is 5.04. The Morgan fingerprint density at radius 3 is 2.21 bits per heavy atom. The fourth-order valence-corrected chi connectivity index (χ4v) is 4.21. The smallest absolute Gasteiger partial charge is 0.411 e. The summed E-state index contributed by atoms with van der Waals surface area (Å²) in [7, 11) is 0. The van der Waals surface area contributed by atoms with Gasteiger partial charge in [0, 0.05) is 16.0 Å². The van der Waals surface area contributed by atoms with Gasteiger partial charge in [0.15, 0.2) is 0 Å². The SMILES string of the molecule is C=C(C)c1cccc(Br)c1NC(=O)OCC1c2ccccc2-c2ccccc21. The molecule has 1 N–H and O–H groups in total. The minimum absolute atomic E-state index is 0.0398. The number of hydrogen-bond donors (Lipinski definition) is 1. The van der Waals surface area contributed by atoms with Gasteiger partial charge in [-0.2, -0.15) is 0 Å². The number of carbonyl (C=O) groups is 1. The topological polar surface area (TPSA) is 38.3 Å². The Labute approximate surface area is 173 Å². The number of allylic oxidation sites excluding steroid dienone is 1. The summed E-state index contributed by atoms with van der Waals surface area (Å²) in [6.45, 7) is 6.17. The van der Waals surface area contributed by atoms with Crippen molar-refractivity contribution in [2.75, 3.05) is 11.9 Å². The number of amides is 1. The fourth-order valence-electron chi connectivity index (χ4n) is 3.74. The standard InChI is InChI=1S/C24H20BrNO2/c1-15(2)16-12-7-13-22(25)23(16)26-24(27)28-14-21-19-10-5-3-8-17(19)18-9-4-6-11-20(18)21/h3-13,21H,1,14H2,2H3,(H,26,27). The Bertz CT molecular complexity index is 1030. The van der Waals surface area contributed by atoms with E-state index in [1.165, 1.54) is 22.3 Å². The number of halogens is 1. The first-order chi connectivity index (χ1) is 13.6. The van der Waals surface area contributed by atoms with Gasteiger partial charge in [0.25, 0.3) is 0 Å². The quantitative estimate of drug-likeness (QED) is 0.488. The molecule has 0 unspecified atom stereocenters. The highest BCUT2D eigenvalue weighted by atomic mass is 79.9. The number of anilines is 1. The van der Waals surface area contributed by atoms with Crippen LogP contribution in [-0.4, -0.2) is 12.7 Å². The van der Waals surface area contributed by atoms with Crippen LogP contribution in [-0.2, 0) is 4.74 Å². The zero-order valence-electron chi connectivity index (χ0n) is 15.5. The molecule has 0 fully saturated rings. The maximum Gasteiger partial charge on any atom is 0.411 e. The summed E-state index contributed by atoms with van der Waals surface area (Å²) in [5.74, 6) is 0.0398. The molecule has 140 valence electrons. The molecule has 3 nitrogen and oxygen atoms in total. The van der Waals surface area contributed by atoms with Crippen LogP contribution in [0.1, 0.15) is 29.5 Å². The molecule has 0 heterocycles. The Morgan fingerprint density at radius 1 is 1.00 bits per heavy atom. The van der Waals surface area contributed by atoms with Gasteiger partial charge >= 0.3 is 6.09 Å². The average molecular weight is 434 g/mol. The normalized spacial score (nSPS) is 12.2. The predicted octanol–water partition coefficient (Wildman–Crippen LogP) is 6.84. The largest absolute Gasteiger partial charge is 0.448 e. The first kappa shape index (κ1) is 18.5. The highest BCUT2D eigenvalue weighted by molar-refractivity contribution is 9.10. The maximum atomic E-state index is 12.5. The van der Waals surface area contributed by atoms with Crippen LogP contribution in [0.4, 0.5) is 10.5 Å². The summed E-state index contributed by atoms with van der Waals surface area (Å²) in [6, 6.07) is 22.3. The van der Waals surface area contributed by atoms with Crippen LogP contribution < -0.4 is 5.32 Å². The van der Waals surface area contributed by atoms with Crippen LogP contribution in [0.25, 0.3) is 16.7 Å². The molecule has 1 aliphatic rings. The van der Waals surface area contributed by atoms with Crippen molar-refractivity contribution >= 4 is 33.3 Å². The molecule has 0 atom stereocenters. The molecule has 3 aromatic rings. The van der Waals surface area contributed by atoms with E-state index in [-0.39, 0.29) is 12.5 Å². The molecular formula is C24H20BrNO2. The molecule has 1 aliphatic carbocycles. The minimum Gasteiger partial charge on any atom is -0.448 e. The van der Waals surface area contributed by atoms with E-state index in [0.717, 1.165) is 15.6 Å². The monoisotopic (exact) mass is 433 g/mol. The zero-order valence-corrected chi connectivity index (χ0v) is 17.1. The van der Waals surface area contributed by atoms with Crippen LogP contribution >= 0.6 is 15.9 Å². The van der Waals surface area contributed by atoms with Gasteiger partial charge in [0.1, 0.15) is 6.61 Å². The summed E-state index contributed by atoms with van der Waals surface area (Å²) in [6.07, 6.45) is -0.476. The van der Waals surface area contributed by atoms with Crippen LogP contribution in [0.3, 0.4) is 0 Å². The molecule has 0 saturated carbocycles. The summed E-state index contributed by atoms with van der Waals surface area (Å²) in [4.78, 5) is 12.5.